The summed E-state index contributed by atoms with van der Waals surface area (Å²) in [4.78, 5) is 30.7. The predicted molar refractivity (Wildman–Crippen MR) is 65.1 cm³/mol. The molecule has 1 amide bonds. The van der Waals surface area contributed by atoms with Crippen LogP contribution in [0.1, 0.15) is 32.5 Å². The maximum atomic E-state index is 11.9. The number of pyridine rings is 1. The smallest absolute Gasteiger partial charge is 0.339 e. The molecule has 0 aromatic carbocycles. The van der Waals surface area contributed by atoms with Crippen molar-refractivity contribution in [3.63, 3.8) is 0 Å². The normalized spacial score (nSPS) is 10.2. The van der Waals surface area contributed by atoms with Gasteiger partial charge in [0.15, 0.2) is 5.89 Å². The zero-order chi connectivity index (χ0) is 14.0. The average Bonchev–Trinajstić information content (AvgIpc) is 2.69. The lowest BCUT2D eigenvalue weighted by Crippen LogP contribution is -2.16. The Labute approximate surface area is 108 Å². The van der Waals surface area contributed by atoms with Gasteiger partial charge in [-0.15, -0.1) is 0 Å². The van der Waals surface area contributed by atoms with Crippen LogP contribution in [0.2, 0.25) is 0 Å². The lowest BCUT2D eigenvalue weighted by Gasteiger charge is -2.05. The zero-order valence-electron chi connectivity index (χ0n) is 10.3. The molecule has 7 heteroatoms. The van der Waals surface area contributed by atoms with Gasteiger partial charge in [-0.25, -0.2) is 14.8 Å². The Bertz CT molecular complexity index is 648. The summed E-state index contributed by atoms with van der Waals surface area (Å²) in [6.45, 7) is 3.25. The van der Waals surface area contributed by atoms with Gasteiger partial charge in [0, 0.05) is 13.1 Å². The van der Waals surface area contributed by atoms with Crippen molar-refractivity contribution in [2.45, 2.75) is 13.8 Å². The molecule has 0 atom stereocenters. The molecule has 0 bridgehead atoms. The Morgan fingerprint density at radius 3 is 2.68 bits per heavy atom. The van der Waals surface area contributed by atoms with Crippen molar-refractivity contribution in [2.75, 3.05) is 5.32 Å². The first-order valence-electron chi connectivity index (χ1n) is 5.42. The van der Waals surface area contributed by atoms with Crippen molar-refractivity contribution in [1.29, 1.82) is 0 Å². The van der Waals surface area contributed by atoms with Crippen LogP contribution in [-0.2, 0) is 0 Å². The van der Waals surface area contributed by atoms with Gasteiger partial charge in [0.05, 0.1) is 5.69 Å². The highest BCUT2D eigenvalue weighted by molar-refractivity contribution is 6.05. The molecule has 2 heterocycles. The van der Waals surface area contributed by atoms with Gasteiger partial charge in [-0.1, -0.05) is 0 Å². The fourth-order valence-electron chi connectivity index (χ4n) is 1.58. The molecule has 0 saturated heterocycles. The molecule has 2 aromatic heterocycles. The van der Waals surface area contributed by atoms with Crippen LogP contribution in [0.25, 0.3) is 0 Å². The second kappa shape index (κ2) is 4.89. The number of aromatic carboxylic acids is 1. The third-order valence-corrected chi connectivity index (χ3v) is 2.38. The molecule has 0 aliphatic rings. The molecule has 0 spiro atoms. The van der Waals surface area contributed by atoms with E-state index in [1.807, 2.05) is 0 Å². The highest BCUT2D eigenvalue weighted by atomic mass is 16.4. The number of aryl methyl sites for hydroxylation is 2. The molecule has 0 fully saturated rings. The summed E-state index contributed by atoms with van der Waals surface area (Å²) < 4.78 is 5.15. The van der Waals surface area contributed by atoms with E-state index in [1.54, 1.807) is 13.8 Å². The van der Waals surface area contributed by atoms with Gasteiger partial charge in [-0.05, 0) is 19.1 Å². The second-order valence-corrected chi connectivity index (χ2v) is 3.81. The summed E-state index contributed by atoms with van der Waals surface area (Å²) in [6.07, 6.45) is 1.39. The van der Waals surface area contributed by atoms with Crippen LogP contribution < -0.4 is 5.32 Å². The lowest BCUT2D eigenvalue weighted by atomic mass is 10.2. The molecule has 0 aliphatic carbocycles. The fourth-order valence-corrected chi connectivity index (χ4v) is 1.58. The van der Waals surface area contributed by atoms with Gasteiger partial charge < -0.3 is 14.8 Å². The molecule has 2 rings (SSSR count). The Morgan fingerprint density at radius 2 is 2.11 bits per heavy atom. The Balaban J connectivity index is 2.29. The van der Waals surface area contributed by atoms with E-state index < -0.39 is 11.9 Å². The number of hydrogen-bond acceptors (Lipinski definition) is 5. The summed E-state index contributed by atoms with van der Waals surface area (Å²) in [7, 11) is 0. The molecule has 0 radical (unpaired) electrons. The van der Waals surface area contributed by atoms with E-state index in [0.717, 1.165) is 0 Å². The van der Waals surface area contributed by atoms with Gasteiger partial charge in [0.25, 0.3) is 5.91 Å². The number of rotatable bonds is 3. The van der Waals surface area contributed by atoms with Crippen LogP contribution in [0.5, 0.6) is 0 Å². The van der Waals surface area contributed by atoms with Gasteiger partial charge in [0.2, 0.25) is 5.76 Å². The number of carbonyl (C=O) groups excluding carboxylic acids is 1. The molecule has 2 N–H and O–H groups in total. The number of nitrogens with one attached hydrogen (secondary N) is 1. The minimum absolute atomic E-state index is 0.0338. The molecule has 7 nitrogen and oxygen atoms in total. The molecule has 0 aliphatic heterocycles. The molecule has 2 aromatic rings. The first-order valence-corrected chi connectivity index (χ1v) is 5.42. The largest absolute Gasteiger partial charge is 0.478 e. The minimum Gasteiger partial charge on any atom is -0.478 e. The number of nitrogens with zero attached hydrogens (tertiary/aromatic N) is 2. The number of aromatic nitrogens is 2. The molecule has 0 unspecified atom stereocenters. The Kier molecular flexibility index (Phi) is 3.28. The SMILES string of the molecule is Cc1nc(C)c(C(=O)Nc2ncccc2C(=O)O)o1. The summed E-state index contributed by atoms with van der Waals surface area (Å²) in [5, 5.41) is 11.4. The van der Waals surface area contributed by atoms with Crippen molar-refractivity contribution < 1.29 is 19.1 Å². The quantitative estimate of drug-likeness (QED) is 0.870. The number of carboxylic acids is 1. The first-order chi connectivity index (χ1) is 8.99. The van der Waals surface area contributed by atoms with E-state index in [1.165, 1.54) is 18.3 Å². The van der Waals surface area contributed by atoms with Crippen LogP contribution in [0.4, 0.5) is 5.82 Å². The van der Waals surface area contributed by atoms with E-state index in [4.69, 9.17) is 9.52 Å². The van der Waals surface area contributed by atoms with Gasteiger partial charge in [-0.3, -0.25) is 4.79 Å². The van der Waals surface area contributed by atoms with E-state index >= 15 is 0 Å². The van der Waals surface area contributed by atoms with Crippen molar-refractivity contribution in [3.05, 3.63) is 41.2 Å². The summed E-state index contributed by atoms with van der Waals surface area (Å²) in [5.74, 6) is -1.39. The van der Waals surface area contributed by atoms with Crippen LogP contribution in [0.15, 0.2) is 22.7 Å². The number of amides is 1. The first kappa shape index (κ1) is 12.7. The molecular weight excluding hydrogens is 250 g/mol. The van der Waals surface area contributed by atoms with E-state index in [9.17, 15) is 9.59 Å². The van der Waals surface area contributed by atoms with Gasteiger partial charge in [-0.2, -0.15) is 0 Å². The van der Waals surface area contributed by atoms with Crippen molar-refractivity contribution in [2.24, 2.45) is 0 Å². The van der Waals surface area contributed by atoms with Crippen LogP contribution in [0, 0.1) is 13.8 Å². The number of carboxylic acid groups (broad SMARTS) is 1. The Morgan fingerprint density at radius 1 is 1.37 bits per heavy atom. The topological polar surface area (TPSA) is 105 Å². The number of carbonyl (C=O) groups is 2. The molecular formula is C12H11N3O4. The highest BCUT2D eigenvalue weighted by Crippen LogP contribution is 2.15. The number of oxazole rings is 1. The van der Waals surface area contributed by atoms with Gasteiger partial charge >= 0.3 is 5.97 Å². The van der Waals surface area contributed by atoms with Crippen LogP contribution >= 0.6 is 0 Å². The molecule has 98 valence electrons. The standard InChI is InChI=1S/C12H11N3O4/c1-6-9(19-7(2)14-6)11(16)15-10-8(12(17)18)4-3-5-13-10/h3-5H,1-2H3,(H,17,18)(H,13,15,16). The number of anilines is 1. The van der Waals surface area contributed by atoms with Crippen LogP contribution in [0.3, 0.4) is 0 Å². The van der Waals surface area contributed by atoms with Crippen molar-refractivity contribution in [1.82, 2.24) is 9.97 Å². The lowest BCUT2D eigenvalue weighted by molar-refractivity contribution is 0.0697. The summed E-state index contributed by atoms with van der Waals surface area (Å²) in [6, 6.07) is 2.83. The van der Waals surface area contributed by atoms with Crippen molar-refractivity contribution >= 4 is 17.7 Å². The average molecular weight is 261 g/mol. The third kappa shape index (κ3) is 2.59. The zero-order valence-corrected chi connectivity index (χ0v) is 10.3. The summed E-state index contributed by atoms with van der Waals surface area (Å²) >= 11 is 0. The minimum atomic E-state index is -1.17. The van der Waals surface area contributed by atoms with E-state index in [0.29, 0.717) is 11.6 Å². The van der Waals surface area contributed by atoms with E-state index in [-0.39, 0.29) is 17.1 Å². The van der Waals surface area contributed by atoms with Gasteiger partial charge in [0.1, 0.15) is 11.4 Å². The maximum Gasteiger partial charge on any atom is 0.339 e. The van der Waals surface area contributed by atoms with Crippen molar-refractivity contribution in [3.8, 4) is 0 Å². The monoisotopic (exact) mass is 261 g/mol. The van der Waals surface area contributed by atoms with Crippen LogP contribution in [-0.4, -0.2) is 27.0 Å². The molecule has 0 saturated carbocycles. The van der Waals surface area contributed by atoms with E-state index in [2.05, 4.69) is 15.3 Å². The summed E-state index contributed by atoms with van der Waals surface area (Å²) in [5.41, 5.74) is 0.340. The maximum absolute atomic E-state index is 11.9. The Hall–Kier alpha value is -2.70. The second-order valence-electron chi connectivity index (χ2n) is 3.81. The fraction of sp³-hybridized carbons (Fsp3) is 0.167. The number of hydrogen-bond donors (Lipinski definition) is 2. The molecule has 19 heavy (non-hydrogen) atoms. The highest BCUT2D eigenvalue weighted by Gasteiger charge is 2.19. The third-order valence-electron chi connectivity index (χ3n) is 2.38. The predicted octanol–water partition coefficient (Wildman–Crippen LogP) is 1.64.